The van der Waals surface area contributed by atoms with Gasteiger partial charge in [0.25, 0.3) is 0 Å². The van der Waals surface area contributed by atoms with E-state index in [0.717, 1.165) is 0 Å². The van der Waals surface area contributed by atoms with Gasteiger partial charge in [-0.25, -0.2) is 9.97 Å². The molecule has 88 valence electrons. The molecule has 0 bridgehead atoms. The first-order chi connectivity index (χ1) is 7.91. The van der Waals surface area contributed by atoms with Crippen LogP contribution in [-0.4, -0.2) is 14.9 Å². The molecule has 0 spiro atoms. The molecule has 0 radical (unpaired) electrons. The minimum absolute atomic E-state index is 0.135. The molecule has 0 atom stereocenters. The van der Waals surface area contributed by atoms with Crippen LogP contribution < -0.4 is 0 Å². The molecule has 0 aliphatic heterocycles. The lowest BCUT2D eigenvalue weighted by molar-refractivity contribution is -0.384. The lowest BCUT2D eigenvalue weighted by atomic mass is 10.3. The summed E-state index contributed by atoms with van der Waals surface area (Å²) in [6.45, 7) is 0. The van der Waals surface area contributed by atoms with Gasteiger partial charge in [0.2, 0.25) is 5.15 Å². The molecule has 0 N–H and O–H groups in total. The second kappa shape index (κ2) is 4.53. The first-order valence-electron chi connectivity index (χ1n) is 4.07. The standard InChI is InChI=1S/C8HBrCl3N3O2/c9-2-1-3-5(14-7(2)11)4(10)6(15(16)17)8(12)13-3/h1H. The van der Waals surface area contributed by atoms with Gasteiger partial charge in [-0.1, -0.05) is 34.8 Å². The number of nitro groups is 1. The molecule has 2 rings (SSSR count). The fourth-order valence-corrected chi connectivity index (χ4v) is 2.27. The van der Waals surface area contributed by atoms with E-state index < -0.39 is 10.6 Å². The van der Waals surface area contributed by atoms with E-state index in [4.69, 9.17) is 34.8 Å². The molecule has 0 saturated heterocycles. The highest BCUT2D eigenvalue weighted by atomic mass is 79.9. The van der Waals surface area contributed by atoms with Crippen LogP contribution in [0.25, 0.3) is 11.0 Å². The van der Waals surface area contributed by atoms with Crippen molar-refractivity contribution in [3.8, 4) is 0 Å². The maximum atomic E-state index is 10.8. The fraction of sp³-hybridized carbons (Fsp3) is 0. The highest BCUT2D eigenvalue weighted by molar-refractivity contribution is 9.10. The van der Waals surface area contributed by atoms with Gasteiger partial charge in [0, 0.05) is 0 Å². The van der Waals surface area contributed by atoms with E-state index in [1.807, 2.05) is 0 Å². The molecule has 5 nitrogen and oxygen atoms in total. The van der Waals surface area contributed by atoms with Crippen LogP contribution in [0.3, 0.4) is 0 Å². The smallest absolute Gasteiger partial charge is 0.258 e. The number of hydrogen-bond acceptors (Lipinski definition) is 4. The van der Waals surface area contributed by atoms with Crippen molar-refractivity contribution in [2.45, 2.75) is 0 Å². The third-order valence-electron chi connectivity index (χ3n) is 1.93. The van der Waals surface area contributed by atoms with Crippen LogP contribution in [0, 0.1) is 10.1 Å². The van der Waals surface area contributed by atoms with Crippen molar-refractivity contribution in [3.63, 3.8) is 0 Å². The van der Waals surface area contributed by atoms with Gasteiger partial charge >= 0.3 is 5.69 Å². The minimum atomic E-state index is -0.714. The Bertz CT molecular complexity index is 650. The number of aromatic nitrogens is 2. The van der Waals surface area contributed by atoms with Crippen molar-refractivity contribution < 1.29 is 4.92 Å². The maximum absolute atomic E-state index is 10.8. The van der Waals surface area contributed by atoms with Crippen LogP contribution >= 0.6 is 50.7 Å². The number of halogens is 4. The van der Waals surface area contributed by atoms with Crippen LogP contribution in [0.15, 0.2) is 10.5 Å². The molecule has 0 saturated carbocycles. The number of hydrogen-bond donors (Lipinski definition) is 0. The molecular weight excluding hydrogens is 356 g/mol. The van der Waals surface area contributed by atoms with Crippen molar-refractivity contribution in [2.75, 3.05) is 0 Å². The molecule has 0 aromatic carbocycles. The number of fused-ring (bicyclic) bond motifs is 1. The first kappa shape index (κ1) is 12.8. The number of nitrogens with zero attached hydrogens (tertiary/aromatic N) is 3. The highest BCUT2D eigenvalue weighted by Gasteiger charge is 2.23. The second-order valence-corrected chi connectivity index (χ2v) is 4.90. The van der Waals surface area contributed by atoms with Crippen LogP contribution in [-0.2, 0) is 0 Å². The average Bonchev–Trinajstić information content (AvgIpc) is 2.21. The van der Waals surface area contributed by atoms with Crippen molar-refractivity contribution in [1.29, 1.82) is 0 Å². The summed E-state index contributed by atoms with van der Waals surface area (Å²) in [5, 5.41) is 10.4. The molecule has 2 aromatic heterocycles. The largest absolute Gasteiger partial charge is 0.327 e. The zero-order chi connectivity index (χ0) is 12.7. The van der Waals surface area contributed by atoms with Crippen LogP contribution in [0.4, 0.5) is 5.69 Å². The number of rotatable bonds is 1. The first-order valence-corrected chi connectivity index (χ1v) is 5.99. The van der Waals surface area contributed by atoms with E-state index in [1.54, 1.807) is 0 Å². The summed E-state index contributed by atoms with van der Waals surface area (Å²) < 4.78 is 0.500. The third kappa shape index (κ3) is 2.18. The van der Waals surface area contributed by atoms with Crippen LogP contribution in [0.1, 0.15) is 0 Å². The van der Waals surface area contributed by atoms with E-state index in [-0.39, 0.29) is 20.8 Å². The molecule has 2 aromatic rings. The fourth-order valence-electron chi connectivity index (χ4n) is 1.22. The molecule has 0 amide bonds. The predicted octanol–water partition coefficient (Wildman–Crippen LogP) is 4.26. The summed E-state index contributed by atoms with van der Waals surface area (Å²) in [5.74, 6) is 0. The molecule has 0 aliphatic rings. The van der Waals surface area contributed by atoms with Crippen LogP contribution in [0.5, 0.6) is 0 Å². The summed E-state index contributed by atoms with van der Waals surface area (Å²) in [7, 11) is 0. The average molecular weight is 357 g/mol. The van der Waals surface area contributed by atoms with E-state index in [1.165, 1.54) is 6.07 Å². The summed E-state index contributed by atoms with van der Waals surface area (Å²) >= 11 is 20.5. The number of pyridine rings is 2. The Morgan fingerprint density at radius 3 is 2.47 bits per heavy atom. The van der Waals surface area contributed by atoms with Gasteiger partial charge in [0.15, 0.2) is 0 Å². The SMILES string of the molecule is O=[N+]([O-])c1c(Cl)nc2cc(Br)c(Cl)nc2c1Cl. The van der Waals surface area contributed by atoms with E-state index in [0.29, 0.717) is 9.99 Å². The molecule has 0 aliphatic carbocycles. The zero-order valence-electron chi connectivity index (χ0n) is 7.75. The molecule has 17 heavy (non-hydrogen) atoms. The second-order valence-electron chi connectivity index (χ2n) is 2.95. The summed E-state index contributed by atoms with van der Waals surface area (Å²) in [4.78, 5) is 17.8. The van der Waals surface area contributed by atoms with E-state index >= 15 is 0 Å². The Morgan fingerprint density at radius 1 is 1.24 bits per heavy atom. The molecule has 0 unspecified atom stereocenters. The Morgan fingerprint density at radius 2 is 1.88 bits per heavy atom. The topological polar surface area (TPSA) is 68.9 Å². The van der Waals surface area contributed by atoms with E-state index in [2.05, 4.69) is 25.9 Å². The summed E-state index contributed by atoms with van der Waals surface area (Å²) in [6.07, 6.45) is 0. The minimum Gasteiger partial charge on any atom is -0.258 e. The van der Waals surface area contributed by atoms with Crippen LogP contribution in [0.2, 0.25) is 15.3 Å². The highest BCUT2D eigenvalue weighted by Crippen LogP contribution is 2.37. The van der Waals surface area contributed by atoms with Gasteiger partial charge in [-0.2, -0.15) is 0 Å². The van der Waals surface area contributed by atoms with Crippen molar-refractivity contribution in [2.24, 2.45) is 0 Å². The normalized spacial score (nSPS) is 10.8. The molecule has 0 fully saturated rings. The monoisotopic (exact) mass is 355 g/mol. The van der Waals surface area contributed by atoms with E-state index in [9.17, 15) is 10.1 Å². The summed E-state index contributed by atoms with van der Waals surface area (Å²) in [6, 6.07) is 1.53. The Labute approximate surface area is 118 Å². The molecule has 9 heteroatoms. The van der Waals surface area contributed by atoms with Gasteiger partial charge < -0.3 is 0 Å². The van der Waals surface area contributed by atoms with Gasteiger partial charge in [0.05, 0.1) is 14.9 Å². The molecular formula is C8HBrCl3N3O2. The maximum Gasteiger partial charge on any atom is 0.327 e. The Kier molecular flexibility index (Phi) is 3.40. The van der Waals surface area contributed by atoms with Crippen molar-refractivity contribution in [1.82, 2.24) is 9.97 Å². The van der Waals surface area contributed by atoms with Gasteiger partial charge in [-0.3, -0.25) is 10.1 Å². The Balaban J connectivity index is 2.92. The zero-order valence-corrected chi connectivity index (χ0v) is 11.6. The lowest BCUT2D eigenvalue weighted by Crippen LogP contribution is -1.96. The summed E-state index contributed by atoms with van der Waals surface area (Å²) in [5.41, 5.74) is -0.0236. The van der Waals surface area contributed by atoms with Gasteiger partial charge in [-0.05, 0) is 22.0 Å². The quantitative estimate of drug-likeness (QED) is 0.434. The van der Waals surface area contributed by atoms with Gasteiger partial charge in [0.1, 0.15) is 15.7 Å². The lowest BCUT2D eigenvalue weighted by Gasteiger charge is -2.03. The van der Waals surface area contributed by atoms with Gasteiger partial charge in [-0.15, -0.1) is 0 Å². The molecule has 2 heterocycles. The van der Waals surface area contributed by atoms with Crippen molar-refractivity contribution >= 4 is 67.5 Å². The van der Waals surface area contributed by atoms with Crippen molar-refractivity contribution in [3.05, 3.63) is 36.0 Å². The Hall–Kier alpha value is -0.690. The third-order valence-corrected chi connectivity index (χ3v) is 3.67. The predicted molar refractivity (Wildman–Crippen MR) is 68.9 cm³/mol.